The van der Waals surface area contributed by atoms with Crippen LogP contribution in [0.3, 0.4) is 0 Å². The summed E-state index contributed by atoms with van der Waals surface area (Å²) in [5, 5.41) is 0. The van der Waals surface area contributed by atoms with E-state index in [1.54, 1.807) is 6.20 Å². The van der Waals surface area contributed by atoms with Gasteiger partial charge in [0.2, 0.25) is 0 Å². The van der Waals surface area contributed by atoms with Crippen LogP contribution in [0.15, 0.2) is 12.3 Å². The first-order valence-electron chi connectivity index (χ1n) is 7.45. The summed E-state index contributed by atoms with van der Waals surface area (Å²) in [6.45, 7) is 6.64. The predicted molar refractivity (Wildman–Crippen MR) is 79.4 cm³/mol. The quantitative estimate of drug-likeness (QED) is 0.884. The molecule has 0 radical (unpaired) electrons. The van der Waals surface area contributed by atoms with Crippen molar-refractivity contribution in [2.24, 2.45) is 0 Å². The van der Waals surface area contributed by atoms with Gasteiger partial charge in [0, 0.05) is 32.2 Å². The van der Waals surface area contributed by atoms with Crippen LogP contribution in [0.2, 0.25) is 0 Å². The lowest BCUT2D eigenvalue weighted by Gasteiger charge is -2.39. The number of anilines is 2. The number of nitrogen functional groups attached to an aromatic ring is 1. The predicted octanol–water partition coefficient (Wildman–Crippen LogP) is 2.04. The maximum atomic E-state index is 5.77. The van der Waals surface area contributed by atoms with Gasteiger partial charge in [-0.3, -0.25) is 4.90 Å². The Morgan fingerprint density at radius 1 is 1.16 bits per heavy atom. The van der Waals surface area contributed by atoms with Crippen molar-refractivity contribution in [2.75, 3.05) is 36.8 Å². The van der Waals surface area contributed by atoms with Crippen LogP contribution < -0.4 is 10.6 Å². The van der Waals surface area contributed by atoms with Crippen LogP contribution in [0.25, 0.3) is 0 Å². The molecule has 0 atom stereocenters. The SMILES string of the molecule is Cc1cc(N)cnc1N1CCN(C2CCCC2)CC1. The molecule has 1 aliphatic heterocycles. The lowest BCUT2D eigenvalue weighted by atomic mass is 10.1. The summed E-state index contributed by atoms with van der Waals surface area (Å²) in [6, 6.07) is 2.87. The van der Waals surface area contributed by atoms with Crippen molar-refractivity contribution in [3.8, 4) is 0 Å². The highest BCUT2D eigenvalue weighted by Crippen LogP contribution is 2.26. The summed E-state index contributed by atoms with van der Waals surface area (Å²) in [4.78, 5) is 9.59. The molecular weight excluding hydrogens is 236 g/mol. The minimum absolute atomic E-state index is 0.755. The minimum Gasteiger partial charge on any atom is -0.397 e. The highest BCUT2D eigenvalue weighted by atomic mass is 15.3. The van der Waals surface area contributed by atoms with E-state index >= 15 is 0 Å². The monoisotopic (exact) mass is 260 g/mol. The summed E-state index contributed by atoms with van der Waals surface area (Å²) >= 11 is 0. The second-order valence-electron chi connectivity index (χ2n) is 5.87. The zero-order chi connectivity index (χ0) is 13.2. The van der Waals surface area contributed by atoms with E-state index in [1.807, 2.05) is 6.07 Å². The van der Waals surface area contributed by atoms with E-state index < -0.39 is 0 Å². The number of hydrogen-bond acceptors (Lipinski definition) is 4. The highest BCUT2D eigenvalue weighted by Gasteiger charge is 2.26. The number of nitrogens with zero attached hydrogens (tertiary/aromatic N) is 3. The summed E-state index contributed by atoms with van der Waals surface area (Å²) in [6.07, 6.45) is 7.41. The Balaban J connectivity index is 1.63. The molecule has 0 bridgehead atoms. The largest absolute Gasteiger partial charge is 0.397 e. The molecule has 19 heavy (non-hydrogen) atoms. The number of rotatable bonds is 2. The molecule has 4 nitrogen and oxygen atoms in total. The molecule has 1 aromatic rings. The molecule has 1 aromatic heterocycles. The van der Waals surface area contributed by atoms with Gasteiger partial charge in [0.05, 0.1) is 11.9 Å². The van der Waals surface area contributed by atoms with Gasteiger partial charge >= 0.3 is 0 Å². The standard InChI is InChI=1S/C15H24N4/c1-12-10-13(16)11-17-15(12)19-8-6-18(7-9-19)14-4-2-3-5-14/h10-11,14H,2-9,16H2,1H3. The van der Waals surface area contributed by atoms with Crippen molar-refractivity contribution in [3.05, 3.63) is 17.8 Å². The topological polar surface area (TPSA) is 45.4 Å². The second kappa shape index (κ2) is 5.37. The van der Waals surface area contributed by atoms with Gasteiger partial charge in [0.1, 0.15) is 5.82 Å². The fraction of sp³-hybridized carbons (Fsp3) is 0.667. The third kappa shape index (κ3) is 2.68. The van der Waals surface area contributed by atoms with Crippen molar-refractivity contribution >= 4 is 11.5 Å². The normalized spacial score (nSPS) is 22.1. The molecule has 0 amide bonds. The first-order chi connectivity index (χ1) is 9.24. The Morgan fingerprint density at radius 3 is 2.47 bits per heavy atom. The van der Waals surface area contributed by atoms with Crippen molar-refractivity contribution in [1.29, 1.82) is 0 Å². The maximum absolute atomic E-state index is 5.77. The van der Waals surface area contributed by atoms with E-state index in [4.69, 9.17) is 5.73 Å². The Kier molecular flexibility index (Phi) is 3.60. The zero-order valence-corrected chi connectivity index (χ0v) is 11.8. The molecule has 104 valence electrons. The van der Waals surface area contributed by atoms with E-state index in [-0.39, 0.29) is 0 Å². The molecule has 2 aliphatic rings. The van der Waals surface area contributed by atoms with Gasteiger partial charge in [-0.25, -0.2) is 4.98 Å². The minimum atomic E-state index is 0.755. The molecule has 1 saturated heterocycles. The number of aromatic nitrogens is 1. The number of pyridine rings is 1. The highest BCUT2D eigenvalue weighted by molar-refractivity contribution is 5.52. The van der Waals surface area contributed by atoms with E-state index in [0.29, 0.717) is 0 Å². The molecule has 1 aliphatic carbocycles. The molecule has 0 aromatic carbocycles. The molecule has 4 heteroatoms. The van der Waals surface area contributed by atoms with Crippen LogP contribution in [-0.4, -0.2) is 42.1 Å². The van der Waals surface area contributed by atoms with Gasteiger partial charge < -0.3 is 10.6 Å². The third-order valence-corrected chi connectivity index (χ3v) is 4.53. The lowest BCUT2D eigenvalue weighted by molar-refractivity contribution is 0.187. The van der Waals surface area contributed by atoms with E-state index in [2.05, 4.69) is 21.7 Å². The summed E-state index contributed by atoms with van der Waals surface area (Å²) in [5.74, 6) is 1.11. The average molecular weight is 260 g/mol. The van der Waals surface area contributed by atoms with Crippen LogP contribution >= 0.6 is 0 Å². The van der Waals surface area contributed by atoms with Crippen molar-refractivity contribution in [1.82, 2.24) is 9.88 Å². The number of piperazine rings is 1. The van der Waals surface area contributed by atoms with Crippen LogP contribution in [-0.2, 0) is 0 Å². The Labute approximate surface area is 115 Å². The molecule has 1 saturated carbocycles. The Bertz CT molecular complexity index is 432. The van der Waals surface area contributed by atoms with Crippen molar-refractivity contribution < 1.29 is 0 Å². The van der Waals surface area contributed by atoms with Crippen LogP contribution in [0.1, 0.15) is 31.2 Å². The van der Waals surface area contributed by atoms with E-state index in [9.17, 15) is 0 Å². The van der Waals surface area contributed by atoms with Crippen LogP contribution in [0.5, 0.6) is 0 Å². The summed E-state index contributed by atoms with van der Waals surface area (Å²) in [7, 11) is 0. The fourth-order valence-corrected chi connectivity index (χ4v) is 3.49. The first kappa shape index (κ1) is 12.7. The molecular formula is C15H24N4. The second-order valence-corrected chi connectivity index (χ2v) is 5.87. The summed E-state index contributed by atoms with van der Waals surface area (Å²) < 4.78 is 0. The average Bonchev–Trinajstić information content (AvgIpc) is 2.93. The van der Waals surface area contributed by atoms with Crippen molar-refractivity contribution in [2.45, 2.75) is 38.6 Å². The smallest absolute Gasteiger partial charge is 0.131 e. The Morgan fingerprint density at radius 2 is 1.84 bits per heavy atom. The van der Waals surface area contributed by atoms with E-state index in [0.717, 1.165) is 30.6 Å². The molecule has 0 spiro atoms. The van der Waals surface area contributed by atoms with Gasteiger partial charge in [-0.05, 0) is 31.4 Å². The van der Waals surface area contributed by atoms with Gasteiger partial charge in [-0.1, -0.05) is 12.8 Å². The molecule has 0 unspecified atom stereocenters. The van der Waals surface area contributed by atoms with Crippen LogP contribution in [0, 0.1) is 6.92 Å². The molecule has 2 heterocycles. The van der Waals surface area contributed by atoms with Gasteiger partial charge in [0.25, 0.3) is 0 Å². The lowest BCUT2D eigenvalue weighted by Crippen LogP contribution is -2.50. The Hall–Kier alpha value is -1.29. The van der Waals surface area contributed by atoms with Gasteiger partial charge in [-0.2, -0.15) is 0 Å². The first-order valence-corrected chi connectivity index (χ1v) is 7.45. The summed E-state index contributed by atoms with van der Waals surface area (Å²) in [5.41, 5.74) is 7.72. The molecule has 2 N–H and O–H groups in total. The van der Waals surface area contributed by atoms with E-state index in [1.165, 1.54) is 44.3 Å². The van der Waals surface area contributed by atoms with Crippen molar-refractivity contribution in [3.63, 3.8) is 0 Å². The van der Waals surface area contributed by atoms with Gasteiger partial charge in [-0.15, -0.1) is 0 Å². The maximum Gasteiger partial charge on any atom is 0.131 e. The van der Waals surface area contributed by atoms with Gasteiger partial charge in [0.15, 0.2) is 0 Å². The number of hydrogen-bond donors (Lipinski definition) is 1. The molecule has 2 fully saturated rings. The fourth-order valence-electron chi connectivity index (χ4n) is 3.49. The zero-order valence-electron chi connectivity index (χ0n) is 11.8. The molecule has 3 rings (SSSR count). The van der Waals surface area contributed by atoms with Crippen LogP contribution in [0.4, 0.5) is 11.5 Å². The number of nitrogens with two attached hydrogens (primary N) is 1. The number of aryl methyl sites for hydroxylation is 1. The third-order valence-electron chi connectivity index (χ3n) is 4.53.